The van der Waals surface area contributed by atoms with Gasteiger partial charge in [-0.2, -0.15) is 0 Å². The van der Waals surface area contributed by atoms with Crippen molar-refractivity contribution in [1.29, 1.82) is 0 Å². The third-order valence-electron chi connectivity index (χ3n) is 5.56. The maximum Gasteiger partial charge on any atom is 0.336 e. The van der Waals surface area contributed by atoms with Crippen LogP contribution in [0, 0.1) is 5.92 Å². The summed E-state index contributed by atoms with van der Waals surface area (Å²) >= 11 is 0. The van der Waals surface area contributed by atoms with E-state index in [1.807, 2.05) is 68.4 Å². The van der Waals surface area contributed by atoms with E-state index in [1.165, 1.54) is 0 Å². The fraction of sp³-hybridized carbons (Fsp3) is 0.500. The maximum absolute atomic E-state index is 12.6. The van der Waals surface area contributed by atoms with Crippen molar-refractivity contribution in [1.82, 2.24) is 5.32 Å². The molecule has 2 aromatic rings. The fourth-order valence-electron chi connectivity index (χ4n) is 3.47. The molecule has 9 heteroatoms. The van der Waals surface area contributed by atoms with Gasteiger partial charge in [-0.15, -0.1) is 0 Å². The monoisotopic (exact) mass is 506 g/mol. The number of nitrogens with two attached hydrogens (primary N) is 1. The van der Waals surface area contributed by atoms with E-state index in [4.69, 9.17) is 15.2 Å². The number of aliphatic hydroxyl groups excluding tert-OH is 1. The molecule has 35 heavy (non-hydrogen) atoms. The number of sulfone groups is 1. The molecule has 0 aliphatic rings. The van der Waals surface area contributed by atoms with Crippen molar-refractivity contribution in [3.8, 4) is 5.75 Å². The van der Waals surface area contributed by atoms with Crippen LogP contribution in [0.15, 0.2) is 54.6 Å². The highest BCUT2D eigenvalue weighted by atomic mass is 32.2. The van der Waals surface area contributed by atoms with Crippen LogP contribution < -0.4 is 15.8 Å². The van der Waals surface area contributed by atoms with Crippen molar-refractivity contribution < 1.29 is 27.8 Å². The molecule has 0 aliphatic carbocycles. The van der Waals surface area contributed by atoms with Crippen LogP contribution in [0.25, 0.3) is 0 Å². The Balaban J connectivity index is 2.03. The summed E-state index contributed by atoms with van der Waals surface area (Å²) in [5.74, 6) is -0.820. The average Bonchev–Trinajstić information content (AvgIpc) is 2.82. The summed E-state index contributed by atoms with van der Waals surface area (Å²) in [5, 5.41) is 13.5. The molecule has 0 saturated carbocycles. The topological polar surface area (TPSA) is 128 Å². The molecule has 0 fully saturated rings. The molecule has 0 saturated heterocycles. The quantitative estimate of drug-likeness (QED) is 0.313. The lowest BCUT2D eigenvalue weighted by Gasteiger charge is -2.26. The van der Waals surface area contributed by atoms with Gasteiger partial charge < -0.3 is 25.6 Å². The summed E-state index contributed by atoms with van der Waals surface area (Å²) in [6.07, 6.45) is -1.64. The van der Waals surface area contributed by atoms with Gasteiger partial charge in [0.2, 0.25) is 0 Å². The van der Waals surface area contributed by atoms with E-state index in [1.54, 1.807) is 7.11 Å². The number of esters is 1. The molecule has 3 atom stereocenters. The Labute approximate surface area is 208 Å². The van der Waals surface area contributed by atoms with Gasteiger partial charge >= 0.3 is 5.97 Å². The lowest BCUT2D eigenvalue weighted by atomic mass is 10.0. The Bertz CT molecular complexity index is 1010. The molecule has 0 spiro atoms. The van der Waals surface area contributed by atoms with E-state index in [2.05, 4.69) is 5.32 Å². The van der Waals surface area contributed by atoms with Crippen molar-refractivity contribution >= 4 is 15.8 Å². The van der Waals surface area contributed by atoms with E-state index in [0.29, 0.717) is 19.4 Å². The van der Waals surface area contributed by atoms with Crippen LogP contribution in [0.2, 0.25) is 0 Å². The van der Waals surface area contributed by atoms with Crippen molar-refractivity contribution in [2.75, 3.05) is 25.2 Å². The summed E-state index contributed by atoms with van der Waals surface area (Å²) in [7, 11) is -2.00. The number of benzene rings is 2. The first-order valence-corrected chi connectivity index (χ1v) is 13.6. The number of hydrogen-bond donors (Lipinski definition) is 3. The Hall–Kier alpha value is -2.46. The molecule has 8 nitrogen and oxygen atoms in total. The second-order valence-corrected chi connectivity index (χ2v) is 11.4. The first kappa shape index (κ1) is 28.8. The molecule has 0 heterocycles. The zero-order valence-electron chi connectivity index (χ0n) is 20.7. The summed E-state index contributed by atoms with van der Waals surface area (Å²) in [4.78, 5) is 12.6. The normalized spacial score (nSPS) is 14.3. The number of rotatable bonds is 15. The van der Waals surface area contributed by atoms with E-state index >= 15 is 0 Å². The van der Waals surface area contributed by atoms with Crippen LogP contribution in [-0.4, -0.2) is 62.9 Å². The highest BCUT2D eigenvalue weighted by Gasteiger charge is 2.29. The van der Waals surface area contributed by atoms with Crippen LogP contribution in [-0.2, 0) is 32.3 Å². The van der Waals surface area contributed by atoms with Crippen molar-refractivity contribution in [3.63, 3.8) is 0 Å². The number of nitrogens with one attached hydrogen (secondary N) is 1. The largest absolute Gasteiger partial charge is 0.497 e. The molecule has 4 N–H and O–H groups in total. The Morgan fingerprint density at radius 2 is 1.77 bits per heavy atom. The zero-order chi connectivity index (χ0) is 25.8. The summed E-state index contributed by atoms with van der Waals surface area (Å²) < 4.78 is 35.3. The summed E-state index contributed by atoms with van der Waals surface area (Å²) in [5.41, 5.74) is 8.35. The Morgan fingerprint density at radius 3 is 2.43 bits per heavy atom. The smallest absolute Gasteiger partial charge is 0.336 e. The number of methoxy groups -OCH3 is 1. The molecule has 194 valence electrons. The molecular formula is C26H38N2O6S. The average molecular weight is 507 g/mol. The van der Waals surface area contributed by atoms with Crippen LogP contribution in [0.5, 0.6) is 5.75 Å². The standard InChI is InChI=1S/C26H38N2O6S/c1-19(2)12-13-35(31,32)18-24(29)26(30)34-25(23(27)15-20-8-5-4-6-9-20)17-28-16-21-10-7-11-22(14-21)33-3/h4-11,14,19,23-25,28-29H,12-13,15-18,27H2,1-3H3. The van der Waals surface area contributed by atoms with Gasteiger partial charge in [0.05, 0.1) is 18.6 Å². The number of carbonyl (C=O) groups is 1. The molecule has 2 rings (SSSR count). The van der Waals surface area contributed by atoms with E-state index in [9.17, 15) is 18.3 Å². The van der Waals surface area contributed by atoms with Gasteiger partial charge in [-0.05, 0) is 42.0 Å². The predicted molar refractivity (Wildman–Crippen MR) is 137 cm³/mol. The first-order chi connectivity index (χ1) is 16.6. The van der Waals surface area contributed by atoms with Gasteiger partial charge in [0.1, 0.15) is 11.9 Å². The number of carbonyl (C=O) groups excluding carboxylic acids is 1. The van der Waals surface area contributed by atoms with Crippen LogP contribution >= 0.6 is 0 Å². The SMILES string of the molecule is COc1cccc(CNCC(OC(=O)C(O)CS(=O)(=O)CCC(C)C)C(N)Cc2ccccc2)c1. The maximum atomic E-state index is 12.6. The lowest BCUT2D eigenvalue weighted by molar-refractivity contribution is -0.158. The highest BCUT2D eigenvalue weighted by molar-refractivity contribution is 7.91. The molecule has 2 aromatic carbocycles. The second kappa shape index (κ2) is 14.2. The van der Waals surface area contributed by atoms with E-state index in [-0.39, 0.29) is 18.2 Å². The van der Waals surface area contributed by atoms with Gasteiger partial charge in [0.15, 0.2) is 15.9 Å². The van der Waals surface area contributed by atoms with Gasteiger partial charge in [-0.1, -0.05) is 56.3 Å². The van der Waals surface area contributed by atoms with Crippen molar-refractivity contribution in [3.05, 3.63) is 65.7 Å². The van der Waals surface area contributed by atoms with Crippen molar-refractivity contribution in [2.24, 2.45) is 11.7 Å². The number of hydrogen-bond acceptors (Lipinski definition) is 8. The molecule has 0 bridgehead atoms. The Kier molecular flexibility index (Phi) is 11.7. The van der Waals surface area contributed by atoms with E-state index in [0.717, 1.165) is 16.9 Å². The molecule has 0 aliphatic heterocycles. The van der Waals surface area contributed by atoms with Crippen LogP contribution in [0.4, 0.5) is 0 Å². The minimum atomic E-state index is -3.59. The lowest BCUT2D eigenvalue weighted by Crippen LogP contribution is -2.47. The second-order valence-electron chi connectivity index (χ2n) is 9.12. The molecule has 3 unspecified atom stereocenters. The van der Waals surface area contributed by atoms with Gasteiger partial charge in [0.25, 0.3) is 0 Å². The molecule has 0 amide bonds. The van der Waals surface area contributed by atoms with E-state index < -0.39 is 39.8 Å². The third-order valence-corrected chi connectivity index (χ3v) is 7.24. The van der Waals surface area contributed by atoms with Gasteiger partial charge in [0, 0.05) is 19.1 Å². The number of ether oxygens (including phenoxy) is 2. The predicted octanol–water partition coefficient (Wildman–Crippen LogP) is 2.09. The highest BCUT2D eigenvalue weighted by Crippen LogP contribution is 2.13. The third kappa shape index (κ3) is 10.8. The minimum absolute atomic E-state index is 0.0892. The Morgan fingerprint density at radius 1 is 1.09 bits per heavy atom. The van der Waals surface area contributed by atoms with Crippen molar-refractivity contribution in [2.45, 2.75) is 51.5 Å². The zero-order valence-corrected chi connectivity index (χ0v) is 21.5. The minimum Gasteiger partial charge on any atom is -0.497 e. The molecule has 0 aromatic heterocycles. The summed E-state index contributed by atoms with van der Waals surface area (Å²) in [6.45, 7) is 4.54. The molecular weight excluding hydrogens is 468 g/mol. The van der Waals surface area contributed by atoms with Crippen LogP contribution in [0.1, 0.15) is 31.4 Å². The van der Waals surface area contributed by atoms with Gasteiger partial charge in [-0.25, -0.2) is 13.2 Å². The number of aliphatic hydroxyl groups is 1. The van der Waals surface area contributed by atoms with Gasteiger partial charge in [-0.3, -0.25) is 0 Å². The van der Waals surface area contributed by atoms with Crippen LogP contribution in [0.3, 0.4) is 0 Å². The summed E-state index contributed by atoms with van der Waals surface area (Å²) in [6, 6.07) is 16.5. The molecule has 0 radical (unpaired) electrons. The first-order valence-electron chi connectivity index (χ1n) is 11.8. The fourth-order valence-corrected chi connectivity index (χ4v) is 5.09.